The van der Waals surface area contributed by atoms with Crippen molar-refractivity contribution >= 4 is 16.7 Å². The number of nitrogen functional groups attached to an aromatic ring is 1. The molecular weight excluding hydrogens is 258 g/mol. The summed E-state index contributed by atoms with van der Waals surface area (Å²) in [6, 6.07) is 15.3. The average molecular weight is 277 g/mol. The Hall–Kier alpha value is -2.29. The zero-order valence-electron chi connectivity index (χ0n) is 12.2. The number of hydrogen-bond donors (Lipinski definition) is 1. The van der Waals surface area contributed by atoms with Crippen LogP contribution in [0.15, 0.2) is 42.5 Å². The number of hydrogen-bond acceptors (Lipinski definition) is 2. The Bertz CT molecular complexity index is 812. The normalized spacial score (nSPS) is 14.7. The van der Waals surface area contributed by atoms with E-state index in [1.54, 1.807) is 0 Å². The van der Waals surface area contributed by atoms with Crippen molar-refractivity contribution < 1.29 is 0 Å². The summed E-state index contributed by atoms with van der Waals surface area (Å²) < 4.78 is 2.43. The molecule has 0 aliphatic heterocycles. The van der Waals surface area contributed by atoms with E-state index in [-0.39, 0.29) is 0 Å². The number of anilines is 1. The molecule has 3 aromatic rings. The van der Waals surface area contributed by atoms with Gasteiger partial charge in [0.1, 0.15) is 5.82 Å². The zero-order chi connectivity index (χ0) is 14.4. The summed E-state index contributed by atoms with van der Waals surface area (Å²) in [7, 11) is 0. The molecule has 1 aliphatic carbocycles. The van der Waals surface area contributed by atoms with Crippen molar-refractivity contribution in [3.05, 3.63) is 59.4 Å². The molecule has 4 rings (SSSR count). The molecular formula is C18H19N3. The lowest BCUT2D eigenvalue weighted by atomic mass is 10.1. The first-order valence-corrected chi connectivity index (χ1v) is 7.52. The van der Waals surface area contributed by atoms with Crippen LogP contribution in [0.1, 0.15) is 35.8 Å². The summed E-state index contributed by atoms with van der Waals surface area (Å²) >= 11 is 0. The van der Waals surface area contributed by atoms with Gasteiger partial charge in [-0.25, -0.2) is 4.98 Å². The summed E-state index contributed by atoms with van der Waals surface area (Å²) in [5.41, 5.74) is 11.6. The van der Waals surface area contributed by atoms with Gasteiger partial charge in [-0.05, 0) is 55.2 Å². The predicted octanol–water partition coefficient (Wildman–Crippen LogP) is 3.85. The number of rotatable bonds is 3. The number of aryl methyl sites for hydroxylation is 1. The van der Waals surface area contributed by atoms with Crippen LogP contribution in [-0.4, -0.2) is 9.55 Å². The molecule has 2 aromatic carbocycles. The SMILES string of the molecule is Cc1ccc2c(c1)nc(Cc1cccc(N)c1)n2C1CC1. The van der Waals surface area contributed by atoms with E-state index in [1.807, 2.05) is 18.2 Å². The molecule has 0 spiro atoms. The van der Waals surface area contributed by atoms with Crippen molar-refractivity contribution in [2.75, 3.05) is 5.73 Å². The third-order valence-electron chi connectivity index (χ3n) is 4.14. The van der Waals surface area contributed by atoms with Crippen LogP contribution in [0.5, 0.6) is 0 Å². The lowest BCUT2D eigenvalue weighted by molar-refractivity contribution is 0.716. The second-order valence-electron chi connectivity index (χ2n) is 6.04. The summed E-state index contributed by atoms with van der Waals surface area (Å²) in [4.78, 5) is 4.88. The van der Waals surface area contributed by atoms with E-state index < -0.39 is 0 Å². The number of benzene rings is 2. The molecule has 1 heterocycles. The molecule has 0 unspecified atom stereocenters. The fourth-order valence-corrected chi connectivity index (χ4v) is 3.01. The Balaban J connectivity index is 1.82. The first kappa shape index (κ1) is 12.5. The van der Waals surface area contributed by atoms with Crippen molar-refractivity contribution in [3.8, 4) is 0 Å². The highest BCUT2D eigenvalue weighted by atomic mass is 15.1. The highest BCUT2D eigenvalue weighted by molar-refractivity contribution is 5.77. The van der Waals surface area contributed by atoms with Gasteiger partial charge in [-0.15, -0.1) is 0 Å². The number of aromatic nitrogens is 2. The molecule has 1 fully saturated rings. The van der Waals surface area contributed by atoms with Gasteiger partial charge in [-0.3, -0.25) is 0 Å². The molecule has 0 atom stereocenters. The van der Waals surface area contributed by atoms with Crippen LogP contribution in [0.25, 0.3) is 11.0 Å². The van der Waals surface area contributed by atoms with E-state index >= 15 is 0 Å². The molecule has 1 aromatic heterocycles. The molecule has 0 amide bonds. The minimum atomic E-state index is 0.633. The zero-order valence-corrected chi connectivity index (χ0v) is 12.2. The van der Waals surface area contributed by atoms with Crippen LogP contribution in [0.3, 0.4) is 0 Å². The van der Waals surface area contributed by atoms with Gasteiger partial charge in [-0.2, -0.15) is 0 Å². The molecule has 0 saturated heterocycles. The molecule has 3 nitrogen and oxygen atoms in total. The van der Waals surface area contributed by atoms with Gasteiger partial charge in [0.15, 0.2) is 0 Å². The van der Waals surface area contributed by atoms with Gasteiger partial charge in [0.05, 0.1) is 11.0 Å². The van der Waals surface area contributed by atoms with Gasteiger partial charge in [0.2, 0.25) is 0 Å². The van der Waals surface area contributed by atoms with Gasteiger partial charge < -0.3 is 10.3 Å². The summed E-state index contributed by atoms with van der Waals surface area (Å²) in [6.07, 6.45) is 3.38. The Morgan fingerprint density at radius 3 is 2.81 bits per heavy atom. The van der Waals surface area contributed by atoms with Gasteiger partial charge in [0, 0.05) is 18.2 Å². The lowest BCUT2D eigenvalue weighted by Gasteiger charge is -2.08. The van der Waals surface area contributed by atoms with Crippen LogP contribution in [0.2, 0.25) is 0 Å². The summed E-state index contributed by atoms with van der Waals surface area (Å²) in [5, 5.41) is 0. The van der Waals surface area contributed by atoms with Crippen LogP contribution < -0.4 is 5.73 Å². The van der Waals surface area contributed by atoms with Gasteiger partial charge >= 0.3 is 0 Å². The highest BCUT2D eigenvalue weighted by Gasteiger charge is 2.28. The maximum Gasteiger partial charge on any atom is 0.114 e. The average Bonchev–Trinajstić information content (AvgIpc) is 3.21. The van der Waals surface area contributed by atoms with E-state index in [2.05, 4.69) is 35.8 Å². The van der Waals surface area contributed by atoms with E-state index in [9.17, 15) is 0 Å². The van der Waals surface area contributed by atoms with Crippen LogP contribution in [0, 0.1) is 6.92 Å². The van der Waals surface area contributed by atoms with E-state index in [1.165, 1.54) is 29.5 Å². The Morgan fingerprint density at radius 2 is 2.05 bits per heavy atom. The maximum absolute atomic E-state index is 5.89. The molecule has 106 valence electrons. The van der Waals surface area contributed by atoms with Crippen molar-refractivity contribution in [1.29, 1.82) is 0 Å². The largest absolute Gasteiger partial charge is 0.399 e. The quantitative estimate of drug-likeness (QED) is 0.739. The second-order valence-corrected chi connectivity index (χ2v) is 6.04. The second kappa shape index (κ2) is 4.62. The number of imidazole rings is 1. The highest BCUT2D eigenvalue weighted by Crippen LogP contribution is 2.39. The Kier molecular flexibility index (Phi) is 2.74. The van der Waals surface area contributed by atoms with E-state index in [0.717, 1.165) is 23.4 Å². The van der Waals surface area contributed by atoms with E-state index in [4.69, 9.17) is 10.7 Å². The standard InChI is InChI=1S/C18H19N3/c1-12-5-8-17-16(9-12)20-18(21(17)15-6-7-15)11-13-3-2-4-14(19)10-13/h2-5,8-10,15H,6-7,11,19H2,1H3. The van der Waals surface area contributed by atoms with Crippen molar-refractivity contribution in [2.45, 2.75) is 32.2 Å². The van der Waals surface area contributed by atoms with E-state index in [0.29, 0.717) is 6.04 Å². The molecule has 3 heteroatoms. The molecule has 1 saturated carbocycles. The first-order valence-electron chi connectivity index (χ1n) is 7.52. The summed E-state index contributed by atoms with van der Waals surface area (Å²) in [6.45, 7) is 2.12. The fourth-order valence-electron chi connectivity index (χ4n) is 3.01. The fraction of sp³-hybridized carbons (Fsp3) is 0.278. The maximum atomic E-state index is 5.89. The van der Waals surface area contributed by atoms with Crippen molar-refractivity contribution in [1.82, 2.24) is 9.55 Å². The molecule has 2 N–H and O–H groups in total. The monoisotopic (exact) mass is 277 g/mol. The molecule has 0 bridgehead atoms. The minimum Gasteiger partial charge on any atom is -0.399 e. The smallest absolute Gasteiger partial charge is 0.114 e. The lowest BCUT2D eigenvalue weighted by Crippen LogP contribution is -2.02. The van der Waals surface area contributed by atoms with Crippen molar-refractivity contribution in [2.24, 2.45) is 0 Å². The molecule has 0 radical (unpaired) electrons. The van der Waals surface area contributed by atoms with Crippen molar-refractivity contribution in [3.63, 3.8) is 0 Å². The van der Waals surface area contributed by atoms with Gasteiger partial charge in [0.25, 0.3) is 0 Å². The predicted molar refractivity (Wildman–Crippen MR) is 86.4 cm³/mol. The minimum absolute atomic E-state index is 0.633. The van der Waals surface area contributed by atoms with Gasteiger partial charge in [-0.1, -0.05) is 18.2 Å². The first-order chi connectivity index (χ1) is 10.2. The number of fused-ring (bicyclic) bond motifs is 1. The molecule has 1 aliphatic rings. The third kappa shape index (κ3) is 2.29. The van der Waals surface area contributed by atoms with Crippen LogP contribution >= 0.6 is 0 Å². The topological polar surface area (TPSA) is 43.8 Å². The molecule has 21 heavy (non-hydrogen) atoms. The Labute approximate surface area is 124 Å². The van der Waals surface area contributed by atoms with Crippen LogP contribution in [-0.2, 0) is 6.42 Å². The number of nitrogens with two attached hydrogens (primary N) is 1. The third-order valence-corrected chi connectivity index (χ3v) is 4.14. The Morgan fingerprint density at radius 1 is 1.19 bits per heavy atom. The summed E-state index contributed by atoms with van der Waals surface area (Å²) in [5.74, 6) is 1.16. The number of nitrogens with zero attached hydrogens (tertiary/aromatic N) is 2. The van der Waals surface area contributed by atoms with Crippen LogP contribution in [0.4, 0.5) is 5.69 Å².